The smallest absolute Gasteiger partial charge is 0.194 e. The number of benzene rings is 2. The van der Waals surface area contributed by atoms with Crippen molar-refractivity contribution >= 4 is 16.6 Å². The molecule has 0 radical (unpaired) electrons. The van der Waals surface area contributed by atoms with Gasteiger partial charge in [0.2, 0.25) is 0 Å². The molecule has 3 N–H and O–H groups in total. The van der Waals surface area contributed by atoms with Gasteiger partial charge in [0.15, 0.2) is 5.43 Å². The van der Waals surface area contributed by atoms with Crippen LogP contribution in [0.3, 0.4) is 0 Å². The predicted octanol–water partition coefficient (Wildman–Crippen LogP) is 5.07. The number of aromatic nitrogens is 1. The number of anilines is 1. The fourth-order valence-electron chi connectivity index (χ4n) is 3.37. The van der Waals surface area contributed by atoms with Gasteiger partial charge in [-0.1, -0.05) is 12.1 Å². The second-order valence-electron chi connectivity index (χ2n) is 8.72. The number of rotatable bonds is 5. The zero-order chi connectivity index (χ0) is 20.7. The van der Waals surface area contributed by atoms with Crippen LogP contribution in [0.15, 0.2) is 47.4 Å². The number of phenols is 1. The minimum absolute atomic E-state index is 0.00276. The van der Waals surface area contributed by atoms with Gasteiger partial charge in [0.1, 0.15) is 16.6 Å². The van der Waals surface area contributed by atoms with E-state index in [9.17, 15) is 9.90 Å². The van der Waals surface area contributed by atoms with Crippen LogP contribution in [0.1, 0.15) is 44.4 Å². The quantitative estimate of drug-likeness (QED) is 0.545. The molecule has 0 atom stereocenters. The molecule has 4 nitrogen and oxygen atoms in total. The van der Waals surface area contributed by atoms with Gasteiger partial charge in [-0.3, -0.25) is 4.79 Å². The Kier molecular flexibility index (Phi) is 4.84. The summed E-state index contributed by atoms with van der Waals surface area (Å²) in [4.78, 5) is 15.9. The lowest BCUT2D eigenvalue weighted by Crippen LogP contribution is -2.20. The third kappa shape index (κ3) is 3.81. The maximum absolute atomic E-state index is 12.8. The lowest BCUT2D eigenvalue weighted by molar-refractivity contribution is 0.454. The van der Waals surface area contributed by atoms with Crippen LogP contribution in [0.25, 0.3) is 10.9 Å². The summed E-state index contributed by atoms with van der Waals surface area (Å²) in [7, 11) is 0. The molecule has 2 aromatic carbocycles. The summed E-state index contributed by atoms with van der Waals surface area (Å²) in [6.07, 6.45) is 1.74. The van der Waals surface area contributed by atoms with Crippen molar-refractivity contribution in [2.75, 3.05) is 5.32 Å². The average Bonchev–Trinajstić information content (AvgIpc) is 2.59. The standard InChI is InChI=1S/C24H26N2O2/c1-23(2,3)17-11-18(24(4,5)6)21(27)12-20(17)26-14-15-13-25-19-10-8-7-9-16(19)22(15)28/h7-13,26H,1,4,14H2,2-3,5-6H3/p+2. The highest BCUT2D eigenvalue weighted by atomic mass is 16.3. The lowest BCUT2D eigenvalue weighted by Gasteiger charge is -2.23. The number of nitrogens with one attached hydrogen (secondary N) is 2. The lowest BCUT2D eigenvalue weighted by atomic mass is 9.79. The van der Waals surface area contributed by atoms with Crippen LogP contribution in [0.2, 0.25) is 0 Å². The third-order valence-corrected chi connectivity index (χ3v) is 4.93. The molecule has 4 heteroatoms. The number of para-hydroxylation sites is 1. The summed E-state index contributed by atoms with van der Waals surface area (Å²) < 4.78 is 0. The minimum atomic E-state index is -0.432. The maximum atomic E-state index is 12.8. The van der Waals surface area contributed by atoms with E-state index >= 15 is 0 Å². The zero-order valence-electron chi connectivity index (χ0n) is 17.0. The first kappa shape index (κ1) is 19.7. The molecule has 0 aliphatic carbocycles. The number of pyridine rings is 1. The van der Waals surface area contributed by atoms with E-state index in [0.29, 0.717) is 17.5 Å². The van der Waals surface area contributed by atoms with E-state index in [1.807, 2.05) is 58.0 Å². The van der Waals surface area contributed by atoms with Crippen LogP contribution in [0, 0.1) is 13.8 Å². The third-order valence-electron chi connectivity index (χ3n) is 4.93. The van der Waals surface area contributed by atoms with E-state index in [0.717, 1.165) is 22.3 Å². The summed E-state index contributed by atoms with van der Waals surface area (Å²) in [6.45, 7) is 16.7. The van der Waals surface area contributed by atoms with Crippen molar-refractivity contribution in [3.05, 3.63) is 83.4 Å². The van der Waals surface area contributed by atoms with Gasteiger partial charge in [0, 0.05) is 52.1 Å². The topological polar surface area (TPSA) is 65.1 Å². The van der Waals surface area contributed by atoms with Crippen LogP contribution in [0.5, 0.6) is 5.75 Å². The number of phenolic OH excluding ortho intramolecular Hbond substituents is 1. The highest BCUT2D eigenvalue weighted by molar-refractivity contribution is 5.78. The number of hydrogen-bond donors (Lipinski definition) is 3. The predicted molar refractivity (Wildman–Crippen MR) is 117 cm³/mol. The SMILES string of the molecule is [CH2+]C(C)(C)c1cc(C([CH2+])(C)C)c(NCc2c[nH]c3ccccc3c2=O)cc1O. The monoisotopic (exact) mass is 376 g/mol. The molecular weight excluding hydrogens is 348 g/mol. The van der Waals surface area contributed by atoms with Crippen molar-refractivity contribution in [2.45, 2.75) is 45.1 Å². The molecule has 144 valence electrons. The van der Waals surface area contributed by atoms with Crippen LogP contribution in [0.4, 0.5) is 5.69 Å². The Hall–Kier alpha value is -3.01. The second-order valence-corrected chi connectivity index (χ2v) is 8.72. The summed E-state index contributed by atoms with van der Waals surface area (Å²) in [5.41, 5.74) is 3.13. The molecule has 0 aliphatic heterocycles. The van der Waals surface area contributed by atoms with Crippen molar-refractivity contribution in [1.82, 2.24) is 4.98 Å². The van der Waals surface area contributed by atoms with Crippen molar-refractivity contribution in [1.29, 1.82) is 0 Å². The minimum Gasteiger partial charge on any atom is -0.507 e. The van der Waals surface area contributed by atoms with Crippen LogP contribution in [-0.2, 0) is 17.4 Å². The van der Waals surface area contributed by atoms with E-state index in [1.165, 1.54) is 0 Å². The molecule has 0 saturated heterocycles. The van der Waals surface area contributed by atoms with Gasteiger partial charge in [0.05, 0.1) is 13.8 Å². The summed E-state index contributed by atoms with van der Waals surface area (Å²) in [5, 5.41) is 14.5. The first-order valence-corrected chi connectivity index (χ1v) is 9.40. The van der Waals surface area contributed by atoms with Crippen molar-refractivity contribution in [3.63, 3.8) is 0 Å². The maximum Gasteiger partial charge on any atom is 0.194 e. The molecule has 0 unspecified atom stereocenters. The summed E-state index contributed by atoms with van der Waals surface area (Å²) in [6, 6.07) is 11.1. The van der Waals surface area contributed by atoms with Crippen LogP contribution in [-0.4, -0.2) is 10.1 Å². The zero-order valence-corrected chi connectivity index (χ0v) is 17.0. The average molecular weight is 377 g/mol. The van der Waals surface area contributed by atoms with E-state index in [1.54, 1.807) is 12.3 Å². The molecule has 0 spiro atoms. The number of aromatic hydroxyl groups is 1. The fourth-order valence-corrected chi connectivity index (χ4v) is 3.37. The molecule has 28 heavy (non-hydrogen) atoms. The largest absolute Gasteiger partial charge is 0.507 e. The van der Waals surface area contributed by atoms with Crippen LogP contribution >= 0.6 is 0 Å². The molecule has 0 aliphatic rings. The van der Waals surface area contributed by atoms with Gasteiger partial charge in [-0.25, -0.2) is 0 Å². The first-order valence-electron chi connectivity index (χ1n) is 9.40. The molecular formula is C24H28N2O2+2. The summed E-state index contributed by atoms with van der Waals surface area (Å²) >= 11 is 0. The summed E-state index contributed by atoms with van der Waals surface area (Å²) in [5.74, 6) is 0.183. The van der Waals surface area contributed by atoms with Gasteiger partial charge in [-0.05, 0) is 45.9 Å². The highest BCUT2D eigenvalue weighted by Crippen LogP contribution is 2.39. The van der Waals surface area contributed by atoms with E-state index < -0.39 is 5.41 Å². The number of H-pyrrole nitrogens is 1. The molecule has 0 amide bonds. The highest BCUT2D eigenvalue weighted by Gasteiger charge is 2.32. The van der Waals surface area contributed by atoms with Gasteiger partial charge in [0.25, 0.3) is 0 Å². The molecule has 0 fully saturated rings. The van der Waals surface area contributed by atoms with Gasteiger partial charge in [-0.2, -0.15) is 0 Å². The second kappa shape index (κ2) is 6.86. The van der Waals surface area contributed by atoms with Crippen molar-refractivity contribution in [2.24, 2.45) is 0 Å². The molecule has 1 aromatic heterocycles. The van der Waals surface area contributed by atoms with E-state index in [-0.39, 0.29) is 16.6 Å². The van der Waals surface area contributed by atoms with Crippen molar-refractivity contribution in [3.8, 4) is 5.75 Å². The van der Waals surface area contributed by atoms with Crippen molar-refractivity contribution < 1.29 is 5.11 Å². The van der Waals surface area contributed by atoms with E-state index in [2.05, 4.69) is 24.1 Å². The Balaban J connectivity index is 2.00. The number of aromatic amines is 1. The van der Waals surface area contributed by atoms with E-state index in [4.69, 9.17) is 0 Å². The Labute approximate surface area is 166 Å². The number of fused-ring (bicyclic) bond motifs is 1. The fraction of sp³-hybridized carbons (Fsp3) is 0.292. The molecule has 3 rings (SSSR count). The Bertz CT molecular complexity index is 1070. The normalized spacial score (nSPS) is 12.3. The Morgan fingerprint density at radius 2 is 1.68 bits per heavy atom. The molecule has 0 bridgehead atoms. The van der Waals surface area contributed by atoms with Gasteiger partial charge in [-0.15, -0.1) is 0 Å². The molecule has 0 saturated carbocycles. The molecule has 1 heterocycles. The first-order chi connectivity index (χ1) is 13.0. The Morgan fingerprint density at radius 1 is 1.04 bits per heavy atom. The molecule has 3 aromatic rings. The van der Waals surface area contributed by atoms with Gasteiger partial charge < -0.3 is 15.4 Å². The van der Waals surface area contributed by atoms with Crippen LogP contribution < -0.4 is 10.7 Å². The number of hydrogen-bond acceptors (Lipinski definition) is 3. The van der Waals surface area contributed by atoms with Gasteiger partial charge >= 0.3 is 0 Å². The Morgan fingerprint density at radius 3 is 2.32 bits per heavy atom.